The standard InChI is InChI=1S/C13H19N3O4/c1-13(2,3)20-12(19)9-8-7(5-6-14-9)16(4)10(15-8)11(17)18/h9,14H,5-6H2,1-4H3,(H,17,18). The van der Waals surface area contributed by atoms with E-state index < -0.39 is 23.6 Å². The topological polar surface area (TPSA) is 93.5 Å². The second-order valence-electron chi connectivity index (χ2n) is 5.80. The number of imidazole rings is 1. The smallest absolute Gasteiger partial charge is 0.372 e. The summed E-state index contributed by atoms with van der Waals surface area (Å²) in [5.41, 5.74) is 0.614. The highest BCUT2D eigenvalue weighted by Gasteiger charge is 2.35. The molecule has 0 radical (unpaired) electrons. The Bertz CT molecular complexity index is 557. The van der Waals surface area contributed by atoms with Gasteiger partial charge in [0.2, 0.25) is 5.82 Å². The first-order valence-electron chi connectivity index (χ1n) is 6.45. The summed E-state index contributed by atoms with van der Waals surface area (Å²) in [6.45, 7) is 5.94. The van der Waals surface area contributed by atoms with E-state index in [0.29, 0.717) is 18.7 Å². The van der Waals surface area contributed by atoms with Gasteiger partial charge >= 0.3 is 11.9 Å². The first-order chi connectivity index (χ1) is 9.20. The van der Waals surface area contributed by atoms with Crippen LogP contribution in [0.3, 0.4) is 0 Å². The lowest BCUT2D eigenvalue weighted by molar-refractivity contribution is -0.158. The van der Waals surface area contributed by atoms with Crippen molar-refractivity contribution in [1.82, 2.24) is 14.9 Å². The van der Waals surface area contributed by atoms with Gasteiger partial charge in [0.25, 0.3) is 0 Å². The molecule has 7 heteroatoms. The number of fused-ring (bicyclic) bond motifs is 1. The minimum Gasteiger partial charge on any atom is -0.475 e. The van der Waals surface area contributed by atoms with Crippen LogP contribution >= 0.6 is 0 Å². The Labute approximate surface area is 116 Å². The van der Waals surface area contributed by atoms with Gasteiger partial charge < -0.3 is 14.4 Å². The van der Waals surface area contributed by atoms with Gasteiger partial charge in [-0.05, 0) is 20.8 Å². The number of aromatic carboxylic acids is 1. The zero-order valence-corrected chi connectivity index (χ0v) is 12.1. The minimum atomic E-state index is -1.11. The molecule has 0 spiro atoms. The Morgan fingerprint density at radius 1 is 1.45 bits per heavy atom. The van der Waals surface area contributed by atoms with Gasteiger partial charge in [0.15, 0.2) is 6.04 Å². The van der Waals surface area contributed by atoms with E-state index in [0.717, 1.165) is 5.69 Å². The van der Waals surface area contributed by atoms with Crippen LogP contribution in [-0.2, 0) is 23.0 Å². The third kappa shape index (κ3) is 2.67. The lowest BCUT2D eigenvalue weighted by atomic mass is 10.1. The molecular weight excluding hydrogens is 262 g/mol. The summed E-state index contributed by atoms with van der Waals surface area (Å²) < 4.78 is 6.87. The molecule has 0 saturated heterocycles. The molecule has 1 unspecified atom stereocenters. The van der Waals surface area contributed by atoms with Crippen LogP contribution in [0.4, 0.5) is 0 Å². The maximum atomic E-state index is 12.2. The lowest BCUT2D eigenvalue weighted by Crippen LogP contribution is -2.39. The van der Waals surface area contributed by atoms with Crippen LogP contribution in [0, 0.1) is 0 Å². The van der Waals surface area contributed by atoms with Gasteiger partial charge in [0, 0.05) is 25.7 Å². The Morgan fingerprint density at radius 2 is 2.10 bits per heavy atom. The summed E-state index contributed by atoms with van der Waals surface area (Å²) in [5, 5.41) is 12.1. The number of carbonyl (C=O) groups excluding carboxylic acids is 1. The monoisotopic (exact) mass is 281 g/mol. The molecule has 0 aliphatic carbocycles. The fourth-order valence-electron chi connectivity index (χ4n) is 2.26. The van der Waals surface area contributed by atoms with Crippen LogP contribution in [0.5, 0.6) is 0 Å². The largest absolute Gasteiger partial charge is 0.475 e. The van der Waals surface area contributed by atoms with Gasteiger partial charge in [-0.2, -0.15) is 0 Å². The highest BCUT2D eigenvalue weighted by atomic mass is 16.6. The van der Waals surface area contributed by atoms with E-state index >= 15 is 0 Å². The number of carboxylic acid groups (broad SMARTS) is 1. The Kier molecular flexibility index (Phi) is 3.56. The molecule has 0 aromatic carbocycles. The van der Waals surface area contributed by atoms with Gasteiger partial charge in [-0.25, -0.2) is 14.6 Å². The van der Waals surface area contributed by atoms with E-state index in [1.54, 1.807) is 27.8 Å². The molecule has 20 heavy (non-hydrogen) atoms. The Morgan fingerprint density at radius 3 is 2.65 bits per heavy atom. The van der Waals surface area contributed by atoms with Crippen molar-refractivity contribution in [3.05, 3.63) is 17.2 Å². The second kappa shape index (κ2) is 4.90. The molecule has 1 aromatic heterocycles. The van der Waals surface area contributed by atoms with Crippen molar-refractivity contribution in [1.29, 1.82) is 0 Å². The number of hydrogen-bond acceptors (Lipinski definition) is 5. The normalized spacial score (nSPS) is 18.5. The quantitative estimate of drug-likeness (QED) is 0.773. The van der Waals surface area contributed by atoms with Crippen LogP contribution in [0.15, 0.2) is 0 Å². The van der Waals surface area contributed by atoms with Crippen LogP contribution in [0.1, 0.15) is 48.8 Å². The second-order valence-corrected chi connectivity index (χ2v) is 5.80. The van der Waals surface area contributed by atoms with Gasteiger partial charge in [0.05, 0.1) is 5.69 Å². The molecule has 1 aliphatic heterocycles. The molecule has 110 valence electrons. The summed E-state index contributed by atoms with van der Waals surface area (Å²) in [7, 11) is 1.65. The number of hydrogen-bond donors (Lipinski definition) is 2. The molecule has 1 aromatic rings. The molecule has 2 heterocycles. The van der Waals surface area contributed by atoms with Crippen molar-refractivity contribution < 1.29 is 19.4 Å². The van der Waals surface area contributed by atoms with Gasteiger partial charge in [0.1, 0.15) is 5.60 Å². The Hall–Kier alpha value is -1.89. The lowest BCUT2D eigenvalue weighted by Gasteiger charge is -2.26. The van der Waals surface area contributed by atoms with Crippen LogP contribution in [0.25, 0.3) is 0 Å². The number of nitrogens with one attached hydrogen (secondary N) is 1. The van der Waals surface area contributed by atoms with E-state index in [4.69, 9.17) is 9.84 Å². The summed E-state index contributed by atoms with van der Waals surface area (Å²) in [6.07, 6.45) is 0.630. The average Bonchev–Trinajstić information content (AvgIpc) is 2.65. The number of rotatable bonds is 2. The van der Waals surface area contributed by atoms with Gasteiger partial charge in [-0.3, -0.25) is 5.32 Å². The molecule has 0 saturated carbocycles. The van der Waals surface area contributed by atoms with Crippen LogP contribution in [-0.4, -0.2) is 38.7 Å². The number of ether oxygens (including phenoxy) is 1. The maximum Gasteiger partial charge on any atom is 0.372 e. The predicted molar refractivity (Wildman–Crippen MR) is 70.5 cm³/mol. The third-order valence-corrected chi connectivity index (χ3v) is 3.06. The molecule has 0 fully saturated rings. The van der Waals surface area contributed by atoms with E-state index in [9.17, 15) is 9.59 Å². The molecule has 2 N–H and O–H groups in total. The predicted octanol–water partition coefficient (Wildman–Crippen LogP) is 0.647. The summed E-state index contributed by atoms with van der Waals surface area (Å²) in [6, 6.07) is -0.711. The number of aromatic nitrogens is 2. The minimum absolute atomic E-state index is 0.0627. The van der Waals surface area contributed by atoms with Gasteiger partial charge in [-0.1, -0.05) is 0 Å². The fourth-order valence-corrected chi connectivity index (χ4v) is 2.26. The fraction of sp³-hybridized carbons (Fsp3) is 0.615. The molecule has 2 rings (SSSR count). The number of nitrogens with zero attached hydrogens (tertiary/aromatic N) is 2. The van der Waals surface area contributed by atoms with E-state index in [1.165, 1.54) is 4.57 Å². The molecular formula is C13H19N3O4. The van der Waals surface area contributed by atoms with E-state index in [-0.39, 0.29) is 5.82 Å². The van der Waals surface area contributed by atoms with E-state index in [1.807, 2.05) is 0 Å². The van der Waals surface area contributed by atoms with Crippen molar-refractivity contribution in [2.75, 3.05) is 6.54 Å². The van der Waals surface area contributed by atoms with Crippen LogP contribution in [0.2, 0.25) is 0 Å². The number of carbonyl (C=O) groups is 2. The third-order valence-electron chi connectivity index (χ3n) is 3.06. The molecule has 1 atom stereocenters. The highest BCUT2D eigenvalue weighted by molar-refractivity contribution is 5.85. The zero-order chi connectivity index (χ0) is 15.1. The molecule has 0 amide bonds. The van der Waals surface area contributed by atoms with Crippen molar-refractivity contribution in [2.24, 2.45) is 7.05 Å². The first kappa shape index (κ1) is 14.5. The highest BCUT2D eigenvalue weighted by Crippen LogP contribution is 2.25. The number of carboxylic acids is 1. The van der Waals surface area contributed by atoms with Gasteiger partial charge in [-0.15, -0.1) is 0 Å². The molecule has 0 bridgehead atoms. The summed E-state index contributed by atoms with van der Waals surface area (Å²) >= 11 is 0. The van der Waals surface area contributed by atoms with Crippen molar-refractivity contribution in [2.45, 2.75) is 38.8 Å². The zero-order valence-electron chi connectivity index (χ0n) is 12.1. The average molecular weight is 281 g/mol. The van der Waals surface area contributed by atoms with Crippen LogP contribution < -0.4 is 5.32 Å². The number of esters is 1. The SMILES string of the molecule is Cn1c(C(=O)O)nc2c1CCNC2C(=O)OC(C)(C)C. The maximum absolute atomic E-state index is 12.2. The summed E-state index contributed by atoms with van der Waals surface area (Å²) in [4.78, 5) is 27.4. The Balaban J connectivity index is 2.36. The molecule has 1 aliphatic rings. The van der Waals surface area contributed by atoms with Crippen molar-refractivity contribution in [3.8, 4) is 0 Å². The first-order valence-corrected chi connectivity index (χ1v) is 6.45. The molecule has 7 nitrogen and oxygen atoms in total. The summed E-state index contributed by atoms with van der Waals surface area (Å²) in [5.74, 6) is -1.61. The van der Waals surface area contributed by atoms with Crippen molar-refractivity contribution in [3.63, 3.8) is 0 Å². The van der Waals surface area contributed by atoms with Crippen molar-refractivity contribution >= 4 is 11.9 Å². The van der Waals surface area contributed by atoms with E-state index in [2.05, 4.69) is 10.3 Å².